The Morgan fingerprint density at radius 2 is 2.05 bits per heavy atom. The van der Waals surface area contributed by atoms with E-state index >= 15 is 4.39 Å². The van der Waals surface area contributed by atoms with Gasteiger partial charge in [0.05, 0.1) is 17.6 Å². The number of nitrogens with zero attached hydrogens (tertiary/aromatic N) is 4. The number of nitrogens with one attached hydrogen (secondary N) is 2. The molecule has 1 aromatic heterocycles. The first kappa shape index (κ1) is 24.3. The van der Waals surface area contributed by atoms with Gasteiger partial charge in [-0.1, -0.05) is 30.7 Å². The predicted octanol–water partition coefficient (Wildman–Crippen LogP) is 5.73. The van der Waals surface area contributed by atoms with Crippen molar-refractivity contribution in [3.63, 3.8) is 0 Å². The Morgan fingerprint density at radius 1 is 1.24 bits per heavy atom. The van der Waals surface area contributed by atoms with Crippen molar-refractivity contribution >= 4 is 40.6 Å². The summed E-state index contributed by atoms with van der Waals surface area (Å²) in [6, 6.07) is 11.2. The second-order valence-electron chi connectivity index (χ2n) is 9.74. The molecular weight excluding hydrogens is 463 g/mol. The van der Waals surface area contributed by atoms with Crippen LogP contribution in [0.5, 0.6) is 0 Å². The van der Waals surface area contributed by atoms with Gasteiger partial charge in [0, 0.05) is 36.6 Å². The number of hydrogen-bond acceptors (Lipinski definition) is 6. The van der Waals surface area contributed by atoms with Gasteiger partial charge in [-0.3, -0.25) is 4.99 Å². The van der Waals surface area contributed by atoms with E-state index in [1.54, 1.807) is 19.3 Å². The summed E-state index contributed by atoms with van der Waals surface area (Å²) < 4.78 is 15.2. The van der Waals surface area contributed by atoms with Crippen molar-refractivity contribution in [3.05, 3.63) is 82.8 Å². The number of anilines is 3. The van der Waals surface area contributed by atoms with E-state index in [4.69, 9.17) is 11.4 Å². The van der Waals surface area contributed by atoms with Gasteiger partial charge >= 0.3 is 0 Å². The highest BCUT2D eigenvalue weighted by atomic mass is 19.1. The molecule has 6 nitrogen and oxygen atoms in total. The number of aryl methyl sites for hydroxylation is 1. The highest BCUT2D eigenvalue weighted by Crippen LogP contribution is 2.38. The molecule has 3 heterocycles. The Balaban J connectivity index is 1.52. The summed E-state index contributed by atoms with van der Waals surface area (Å²) >= 11 is 0. The van der Waals surface area contributed by atoms with Crippen molar-refractivity contribution in [1.82, 2.24) is 9.97 Å². The molecule has 2 N–H and O–H groups in total. The van der Waals surface area contributed by atoms with Crippen LogP contribution in [0.15, 0.2) is 54.2 Å². The van der Waals surface area contributed by atoms with E-state index in [9.17, 15) is 0 Å². The monoisotopic (exact) mass is 492 g/mol. The fraction of sp³-hybridized carbons (Fsp3) is 0.233. The molecule has 0 atom stereocenters. The van der Waals surface area contributed by atoms with Gasteiger partial charge in [0.15, 0.2) is 0 Å². The molecule has 5 rings (SSSR count). The third kappa shape index (κ3) is 4.36. The number of halogens is 1. The van der Waals surface area contributed by atoms with Crippen molar-refractivity contribution in [2.24, 2.45) is 4.99 Å². The fourth-order valence-electron chi connectivity index (χ4n) is 4.60. The molecule has 0 spiro atoms. The molecule has 0 unspecified atom stereocenters. The van der Waals surface area contributed by atoms with Crippen molar-refractivity contribution in [2.45, 2.75) is 26.2 Å². The van der Waals surface area contributed by atoms with Gasteiger partial charge in [-0.05, 0) is 67.3 Å². The molecule has 0 bridgehead atoms. The van der Waals surface area contributed by atoms with Gasteiger partial charge in [0.1, 0.15) is 17.5 Å². The number of aromatic nitrogens is 2. The highest BCUT2D eigenvalue weighted by molar-refractivity contribution is 6.36. The topological polar surface area (TPSA) is 65.4 Å². The average molecular weight is 493 g/mol. The zero-order valence-electron chi connectivity index (χ0n) is 21.5. The third-order valence-corrected chi connectivity index (χ3v) is 6.84. The fourth-order valence-corrected chi connectivity index (χ4v) is 4.60. The lowest BCUT2D eigenvalue weighted by Gasteiger charge is -2.28. The molecule has 0 saturated heterocycles. The standard InChI is InChI=1S/C30H29FN6/c1-7-30(4,5)22-10-8-9-20(14-22)19(3)35-26-16-23(18(2)13-25(26)31)24-15-21-17-34-29(32-6)36-27(21)37-12-11-33-28(24)37/h1,8-10,13-17,35H,3,11-12H2,2,4-6H3,(H,32,34,36). The molecule has 0 fully saturated rings. The maximum atomic E-state index is 15.2. The first-order valence-electron chi connectivity index (χ1n) is 12.2. The van der Waals surface area contributed by atoms with Crippen LogP contribution in [0.1, 0.15) is 41.7 Å². The maximum absolute atomic E-state index is 15.2. The number of amidine groups is 1. The SMILES string of the molecule is C#CC(C)(C)c1cccc(C(=C)Nc2cc(C3=Cc4cnc(NC)nc4N4CCN=C34)c(C)cc2F)c1. The number of aliphatic imine (C=N–C) groups is 1. The molecule has 2 aromatic carbocycles. The largest absolute Gasteiger partial charge is 0.357 e. The zero-order valence-corrected chi connectivity index (χ0v) is 21.5. The number of hydrogen-bond donors (Lipinski definition) is 2. The Hall–Kier alpha value is -4.44. The van der Waals surface area contributed by atoms with Gasteiger partial charge in [-0.25, -0.2) is 9.37 Å². The van der Waals surface area contributed by atoms with E-state index in [0.717, 1.165) is 51.6 Å². The molecule has 2 aliphatic heterocycles. The lowest BCUT2D eigenvalue weighted by atomic mass is 9.84. The lowest BCUT2D eigenvalue weighted by molar-refractivity contribution is 0.630. The number of benzene rings is 2. The molecule has 7 heteroatoms. The molecule has 0 amide bonds. The van der Waals surface area contributed by atoms with Crippen LogP contribution in [0, 0.1) is 25.1 Å². The Bertz CT molecular complexity index is 1530. The molecule has 3 aromatic rings. The van der Waals surface area contributed by atoms with E-state index in [0.29, 0.717) is 23.9 Å². The minimum Gasteiger partial charge on any atom is -0.357 e. The van der Waals surface area contributed by atoms with Crippen molar-refractivity contribution < 1.29 is 4.39 Å². The molecule has 0 saturated carbocycles. The first-order valence-corrected chi connectivity index (χ1v) is 12.2. The van der Waals surface area contributed by atoms with Crippen LogP contribution in [0.4, 0.5) is 21.8 Å². The Kier molecular flexibility index (Phi) is 6.04. The van der Waals surface area contributed by atoms with Gasteiger partial charge in [0.2, 0.25) is 5.95 Å². The quantitative estimate of drug-likeness (QED) is 0.430. The highest BCUT2D eigenvalue weighted by Gasteiger charge is 2.31. The molecular formula is C30H29FN6. The van der Waals surface area contributed by atoms with E-state index in [-0.39, 0.29) is 5.82 Å². The molecule has 186 valence electrons. The summed E-state index contributed by atoms with van der Waals surface area (Å²) in [5.74, 6) is 4.67. The molecule has 0 aliphatic carbocycles. The zero-order chi connectivity index (χ0) is 26.3. The van der Waals surface area contributed by atoms with Gasteiger partial charge in [-0.15, -0.1) is 6.42 Å². The maximum Gasteiger partial charge on any atom is 0.224 e. The second kappa shape index (κ2) is 9.21. The molecule has 0 radical (unpaired) electrons. The Labute approximate surface area is 217 Å². The lowest BCUT2D eigenvalue weighted by Crippen LogP contribution is -2.32. The number of terminal acetylenes is 1. The summed E-state index contributed by atoms with van der Waals surface area (Å²) in [4.78, 5) is 15.9. The van der Waals surface area contributed by atoms with Gasteiger partial charge < -0.3 is 15.5 Å². The summed E-state index contributed by atoms with van der Waals surface area (Å²) in [7, 11) is 1.79. The van der Waals surface area contributed by atoms with Gasteiger partial charge in [-0.2, -0.15) is 4.98 Å². The van der Waals surface area contributed by atoms with E-state index in [2.05, 4.69) is 38.0 Å². The summed E-state index contributed by atoms with van der Waals surface area (Å²) in [5, 5.41) is 6.18. The minimum absolute atomic E-state index is 0.339. The van der Waals surface area contributed by atoms with Crippen LogP contribution in [0.25, 0.3) is 17.3 Å². The van der Waals surface area contributed by atoms with Crippen LogP contribution in [0.2, 0.25) is 0 Å². The van der Waals surface area contributed by atoms with Crippen LogP contribution < -0.4 is 15.5 Å². The smallest absolute Gasteiger partial charge is 0.224 e. The van der Waals surface area contributed by atoms with Crippen LogP contribution in [0.3, 0.4) is 0 Å². The third-order valence-electron chi connectivity index (χ3n) is 6.84. The predicted molar refractivity (Wildman–Crippen MR) is 151 cm³/mol. The van der Waals surface area contributed by atoms with E-state index in [1.807, 2.05) is 57.2 Å². The second-order valence-corrected chi connectivity index (χ2v) is 9.74. The summed E-state index contributed by atoms with van der Waals surface area (Å²) in [6.07, 6.45) is 9.55. The molecule has 37 heavy (non-hydrogen) atoms. The average Bonchev–Trinajstić information content (AvgIpc) is 3.40. The van der Waals surface area contributed by atoms with Crippen molar-refractivity contribution in [3.8, 4) is 12.3 Å². The normalized spacial score (nSPS) is 14.2. The summed E-state index contributed by atoms with van der Waals surface area (Å²) in [5.41, 5.74) is 5.83. The van der Waals surface area contributed by atoms with E-state index in [1.165, 1.54) is 0 Å². The van der Waals surface area contributed by atoms with Crippen molar-refractivity contribution in [1.29, 1.82) is 0 Å². The first-order chi connectivity index (χ1) is 17.7. The Morgan fingerprint density at radius 3 is 2.81 bits per heavy atom. The van der Waals surface area contributed by atoms with Crippen LogP contribution in [-0.4, -0.2) is 35.9 Å². The minimum atomic E-state index is -0.423. The number of fused-ring (bicyclic) bond motifs is 3. The number of rotatable bonds is 6. The van der Waals surface area contributed by atoms with E-state index < -0.39 is 5.41 Å². The van der Waals surface area contributed by atoms with Crippen molar-refractivity contribution in [2.75, 3.05) is 35.7 Å². The molecule has 2 aliphatic rings. The summed E-state index contributed by atoms with van der Waals surface area (Å²) in [6.45, 7) is 11.5. The van der Waals surface area contributed by atoms with Crippen LogP contribution >= 0.6 is 0 Å². The van der Waals surface area contributed by atoms with Gasteiger partial charge in [0.25, 0.3) is 0 Å². The van der Waals surface area contributed by atoms with Crippen LogP contribution in [-0.2, 0) is 5.41 Å².